The average molecular weight is 534 g/mol. The fraction of sp³-hybridized carbons (Fsp3) is 0.370. The van der Waals surface area contributed by atoms with Gasteiger partial charge in [0.15, 0.2) is 0 Å². The Morgan fingerprint density at radius 2 is 1.95 bits per heavy atom. The first-order chi connectivity index (χ1) is 18.4. The smallest absolute Gasteiger partial charge is 0.316 e. The number of nitrogens with zero attached hydrogens (tertiary/aromatic N) is 3. The van der Waals surface area contributed by atoms with Crippen molar-refractivity contribution in [1.82, 2.24) is 20.4 Å². The molecule has 7 rings (SSSR count). The number of anilines is 1. The first-order valence-electron chi connectivity index (χ1n) is 12.7. The molecular weight excluding hydrogens is 510 g/mol. The van der Waals surface area contributed by atoms with Gasteiger partial charge in [0.2, 0.25) is 17.7 Å². The van der Waals surface area contributed by atoms with Crippen LogP contribution >= 0.6 is 11.6 Å². The number of hydrogen-bond acceptors (Lipinski definition) is 8. The Bertz CT molecular complexity index is 1510. The van der Waals surface area contributed by atoms with Crippen LogP contribution in [0.15, 0.2) is 34.7 Å². The van der Waals surface area contributed by atoms with Gasteiger partial charge in [-0.2, -0.15) is 0 Å². The standard InChI is InChI=1S/C27H24ClN5O5/c28-20-11-15(10-18-19(20)12-33(25(18)36)21-4-5-22(34)29-23(21)35)27(7-8-27)30-26-32-31-24(38-26)17-3-1-2-14-13-37-9-6-16(14)17/h1-3,10-11,21H,4-9,12-13H2,(H,30,32)(H,29,34,35). The Morgan fingerprint density at radius 3 is 2.76 bits per heavy atom. The summed E-state index contributed by atoms with van der Waals surface area (Å²) in [5.74, 6) is -0.572. The molecule has 194 valence electrons. The minimum Gasteiger partial charge on any atom is -0.403 e. The molecule has 4 heterocycles. The Morgan fingerprint density at radius 1 is 1.08 bits per heavy atom. The third kappa shape index (κ3) is 3.78. The van der Waals surface area contributed by atoms with E-state index in [4.69, 9.17) is 20.8 Å². The minimum atomic E-state index is -0.688. The molecule has 0 spiro atoms. The summed E-state index contributed by atoms with van der Waals surface area (Å²) in [5, 5.41) is 14.7. The molecular formula is C27H24ClN5O5. The van der Waals surface area contributed by atoms with E-state index >= 15 is 0 Å². The zero-order chi connectivity index (χ0) is 26.0. The maximum absolute atomic E-state index is 13.3. The van der Waals surface area contributed by atoms with Crippen molar-refractivity contribution in [3.63, 3.8) is 0 Å². The summed E-state index contributed by atoms with van der Waals surface area (Å²) < 4.78 is 11.6. The number of benzene rings is 2. The summed E-state index contributed by atoms with van der Waals surface area (Å²) in [4.78, 5) is 38.8. The van der Waals surface area contributed by atoms with Crippen LogP contribution in [-0.4, -0.2) is 45.5 Å². The molecule has 0 radical (unpaired) electrons. The molecule has 4 aliphatic rings. The van der Waals surface area contributed by atoms with E-state index in [2.05, 4.69) is 20.8 Å². The van der Waals surface area contributed by atoms with Crippen molar-refractivity contribution in [2.24, 2.45) is 0 Å². The first kappa shape index (κ1) is 23.4. The molecule has 1 saturated carbocycles. The number of halogens is 1. The topological polar surface area (TPSA) is 127 Å². The lowest BCUT2D eigenvalue weighted by molar-refractivity contribution is -0.136. The number of nitrogens with one attached hydrogen (secondary N) is 2. The van der Waals surface area contributed by atoms with Gasteiger partial charge in [0.25, 0.3) is 5.91 Å². The molecule has 3 amide bonds. The molecule has 10 nitrogen and oxygen atoms in total. The quantitative estimate of drug-likeness (QED) is 0.478. The summed E-state index contributed by atoms with van der Waals surface area (Å²) in [7, 11) is 0. The van der Waals surface area contributed by atoms with Gasteiger partial charge in [-0.25, -0.2) is 0 Å². The van der Waals surface area contributed by atoms with E-state index < -0.39 is 17.5 Å². The van der Waals surface area contributed by atoms with Gasteiger partial charge in [-0.15, -0.1) is 5.10 Å². The third-order valence-electron chi connectivity index (χ3n) is 7.93. The highest BCUT2D eigenvalue weighted by atomic mass is 35.5. The van der Waals surface area contributed by atoms with E-state index in [9.17, 15) is 14.4 Å². The number of fused-ring (bicyclic) bond motifs is 2. The summed E-state index contributed by atoms with van der Waals surface area (Å²) in [6, 6.07) is 9.32. The van der Waals surface area contributed by atoms with Gasteiger partial charge in [0.05, 0.1) is 18.8 Å². The van der Waals surface area contributed by atoms with E-state index in [0.29, 0.717) is 47.7 Å². The Balaban J connectivity index is 1.14. The molecule has 38 heavy (non-hydrogen) atoms. The van der Waals surface area contributed by atoms with E-state index in [-0.39, 0.29) is 24.8 Å². The molecule has 1 aromatic heterocycles. The zero-order valence-corrected chi connectivity index (χ0v) is 21.1. The minimum absolute atomic E-state index is 0.203. The molecule has 1 aliphatic carbocycles. The monoisotopic (exact) mass is 533 g/mol. The summed E-state index contributed by atoms with van der Waals surface area (Å²) in [6.45, 7) is 1.47. The van der Waals surface area contributed by atoms with Crippen LogP contribution in [-0.2, 0) is 39.4 Å². The Labute approximate surface area is 222 Å². The van der Waals surface area contributed by atoms with Crippen LogP contribution in [0.3, 0.4) is 0 Å². The van der Waals surface area contributed by atoms with Crippen molar-refractivity contribution in [3.8, 4) is 11.5 Å². The predicted molar refractivity (Wildman–Crippen MR) is 135 cm³/mol. The van der Waals surface area contributed by atoms with Gasteiger partial charge in [-0.1, -0.05) is 28.8 Å². The molecule has 2 aromatic carbocycles. The fourth-order valence-electron chi connectivity index (χ4n) is 5.71. The van der Waals surface area contributed by atoms with Gasteiger partial charge >= 0.3 is 6.01 Å². The third-order valence-corrected chi connectivity index (χ3v) is 8.27. The van der Waals surface area contributed by atoms with Gasteiger partial charge in [0.1, 0.15) is 6.04 Å². The number of hydrogen-bond donors (Lipinski definition) is 2. The largest absolute Gasteiger partial charge is 0.403 e. The van der Waals surface area contributed by atoms with E-state index in [0.717, 1.165) is 36.0 Å². The SMILES string of the molecule is O=C1CCC(N2Cc3c(Cl)cc(C4(Nc5nnc(-c6cccc7c6CCOC7)o5)CC4)cc3C2=O)C(=O)N1. The first-order valence-corrected chi connectivity index (χ1v) is 13.1. The number of imide groups is 1. The number of carbonyl (C=O) groups excluding carboxylic acids is 3. The average Bonchev–Trinajstić information content (AvgIpc) is 3.42. The highest BCUT2D eigenvalue weighted by Crippen LogP contribution is 2.50. The van der Waals surface area contributed by atoms with Crippen molar-refractivity contribution in [1.29, 1.82) is 0 Å². The van der Waals surface area contributed by atoms with Gasteiger partial charge in [-0.3, -0.25) is 19.7 Å². The van der Waals surface area contributed by atoms with Gasteiger partial charge in [-0.05, 0) is 60.6 Å². The van der Waals surface area contributed by atoms with E-state index in [1.54, 1.807) is 0 Å². The summed E-state index contributed by atoms with van der Waals surface area (Å²) in [6.07, 6.45) is 2.91. The fourth-order valence-corrected chi connectivity index (χ4v) is 5.99. The lowest BCUT2D eigenvalue weighted by atomic mass is 9.97. The van der Waals surface area contributed by atoms with Crippen molar-refractivity contribution < 1.29 is 23.5 Å². The van der Waals surface area contributed by atoms with Crippen molar-refractivity contribution in [3.05, 3.63) is 63.2 Å². The van der Waals surface area contributed by atoms with Crippen LogP contribution in [0, 0.1) is 0 Å². The second kappa shape index (κ2) is 8.64. The van der Waals surface area contributed by atoms with Gasteiger partial charge in [0, 0.05) is 34.7 Å². The van der Waals surface area contributed by atoms with E-state index in [1.807, 2.05) is 30.3 Å². The molecule has 3 aromatic rings. The molecule has 11 heteroatoms. The number of aromatic nitrogens is 2. The molecule has 2 fully saturated rings. The number of piperidine rings is 1. The number of rotatable bonds is 5. The highest BCUT2D eigenvalue weighted by Gasteiger charge is 2.48. The number of carbonyl (C=O) groups is 3. The summed E-state index contributed by atoms with van der Waals surface area (Å²) >= 11 is 6.67. The molecule has 3 aliphatic heterocycles. The molecule has 1 unspecified atom stereocenters. The van der Waals surface area contributed by atoms with Gasteiger partial charge < -0.3 is 19.4 Å². The molecule has 2 N–H and O–H groups in total. The normalized spacial score (nSPS) is 21.7. The second-order valence-corrected chi connectivity index (χ2v) is 10.7. The lowest BCUT2D eigenvalue weighted by Gasteiger charge is -2.29. The summed E-state index contributed by atoms with van der Waals surface area (Å²) in [5.41, 5.74) is 4.76. The molecule has 1 atom stereocenters. The van der Waals surface area contributed by atoms with Crippen molar-refractivity contribution in [2.45, 2.75) is 56.8 Å². The Hall–Kier alpha value is -3.76. The molecule has 1 saturated heterocycles. The lowest BCUT2D eigenvalue weighted by Crippen LogP contribution is -2.52. The van der Waals surface area contributed by atoms with Crippen LogP contribution in [0.2, 0.25) is 5.02 Å². The highest BCUT2D eigenvalue weighted by molar-refractivity contribution is 6.32. The van der Waals surface area contributed by atoms with Crippen LogP contribution < -0.4 is 10.6 Å². The maximum Gasteiger partial charge on any atom is 0.316 e. The Kier molecular flexibility index (Phi) is 5.31. The van der Waals surface area contributed by atoms with Crippen LogP contribution in [0.5, 0.6) is 0 Å². The second-order valence-electron chi connectivity index (χ2n) is 10.2. The van der Waals surface area contributed by atoms with Crippen molar-refractivity contribution >= 4 is 35.3 Å². The van der Waals surface area contributed by atoms with Crippen molar-refractivity contribution in [2.75, 3.05) is 11.9 Å². The maximum atomic E-state index is 13.3. The zero-order valence-electron chi connectivity index (χ0n) is 20.4. The van der Waals surface area contributed by atoms with Crippen LogP contribution in [0.4, 0.5) is 6.01 Å². The van der Waals surface area contributed by atoms with Crippen LogP contribution in [0.1, 0.15) is 58.3 Å². The number of ether oxygens (including phenoxy) is 1. The molecule has 0 bridgehead atoms. The predicted octanol–water partition coefficient (Wildman–Crippen LogP) is 3.32. The number of amides is 3. The van der Waals surface area contributed by atoms with Crippen LogP contribution in [0.25, 0.3) is 11.5 Å². The van der Waals surface area contributed by atoms with E-state index in [1.165, 1.54) is 10.5 Å².